The lowest BCUT2D eigenvalue weighted by Crippen LogP contribution is -2.05. The highest BCUT2D eigenvalue weighted by Crippen LogP contribution is 2.17. The molecule has 0 aliphatic rings. The van der Waals surface area contributed by atoms with Crippen LogP contribution >= 0.6 is 15.9 Å². The van der Waals surface area contributed by atoms with Gasteiger partial charge in [-0.3, -0.25) is 0 Å². The van der Waals surface area contributed by atoms with Crippen LogP contribution in [0.4, 0.5) is 15.9 Å². The Morgan fingerprint density at radius 2 is 2.16 bits per heavy atom. The molecule has 96 valence electrons. The number of nitrogens with two attached hydrogens (primary N) is 1. The lowest BCUT2D eigenvalue weighted by Gasteiger charge is -2.08. The molecule has 6 heteroatoms. The van der Waals surface area contributed by atoms with E-state index in [4.69, 9.17) is 11.0 Å². The average molecular weight is 321 g/mol. The minimum atomic E-state index is -0.299. The number of benzene rings is 1. The van der Waals surface area contributed by atoms with E-state index in [9.17, 15) is 4.39 Å². The summed E-state index contributed by atoms with van der Waals surface area (Å²) in [6.07, 6.45) is 0. The molecule has 0 aliphatic carbocycles. The minimum absolute atomic E-state index is 0.153. The van der Waals surface area contributed by atoms with E-state index in [1.165, 1.54) is 6.07 Å². The van der Waals surface area contributed by atoms with Gasteiger partial charge in [0.25, 0.3) is 0 Å². The molecular weight excluding hydrogens is 311 g/mol. The van der Waals surface area contributed by atoms with Crippen LogP contribution in [0.1, 0.15) is 11.3 Å². The topological polar surface area (TPSA) is 74.7 Å². The molecule has 3 N–H and O–H groups in total. The van der Waals surface area contributed by atoms with Gasteiger partial charge in [0.05, 0.1) is 5.69 Å². The maximum atomic E-state index is 13.5. The number of hydrogen-bond donors (Lipinski definition) is 2. The van der Waals surface area contributed by atoms with Crippen molar-refractivity contribution in [3.05, 3.63) is 51.9 Å². The maximum Gasteiger partial charge on any atom is 0.165 e. The van der Waals surface area contributed by atoms with Crippen molar-refractivity contribution in [2.45, 2.75) is 6.54 Å². The fourth-order valence-corrected chi connectivity index (χ4v) is 1.93. The molecule has 0 unspecified atom stereocenters. The first kappa shape index (κ1) is 13.3. The molecule has 0 radical (unpaired) electrons. The van der Waals surface area contributed by atoms with Crippen LogP contribution in [-0.4, -0.2) is 4.98 Å². The fraction of sp³-hybridized carbons (Fsp3) is 0.0769. The summed E-state index contributed by atoms with van der Waals surface area (Å²) in [6.45, 7) is 0.271. The second-order valence-electron chi connectivity index (χ2n) is 3.84. The summed E-state index contributed by atoms with van der Waals surface area (Å²) in [5, 5.41) is 11.8. The molecular formula is C13H10BrFN4. The molecule has 0 saturated carbocycles. The quantitative estimate of drug-likeness (QED) is 0.911. The average Bonchev–Trinajstić information content (AvgIpc) is 2.41. The van der Waals surface area contributed by atoms with Gasteiger partial charge in [-0.1, -0.05) is 15.9 Å². The monoisotopic (exact) mass is 320 g/mol. The van der Waals surface area contributed by atoms with Crippen LogP contribution in [-0.2, 0) is 6.54 Å². The van der Waals surface area contributed by atoms with Crippen molar-refractivity contribution >= 4 is 27.4 Å². The number of pyridine rings is 1. The number of halogens is 2. The molecule has 19 heavy (non-hydrogen) atoms. The van der Waals surface area contributed by atoms with E-state index >= 15 is 0 Å². The summed E-state index contributed by atoms with van der Waals surface area (Å²) in [4.78, 5) is 4.03. The van der Waals surface area contributed by atoms with E-state index in [0.29, 0.717) is 17.1 Å². The van der Waals surface area contributed by atoms with E-state index in [1.54, 1.807) is 24.3 Å². The Labute approximate surface area is 118 Å². The Balaban J connectivity index is 2.15. The van der Waals surface area contributed by atoms with E-state index in [0.717, 1.165) is 4.47 Å². The lowest BCUT2D eigenvalue weighted by molar-refractivity contribution is 0.612. The van der Waals surface area contributed by atoms with Gasteiger partial charge in [0.1, 0.15) is 17.7 Å². The third-order valence-corrected chi connectivity index (χ3v) is 2.99. The summed E-state index contributed by atoms with van der Waals surface area (Å²) in [6, 6.07) is 9.84. The number of aromatic nitrogens is 1. The molecule has 0 bridgehead atoms. The van der Waals surface area contributed by atoms with Crippen LogP contribution in [0.2, 0.25) is 0 Å². The molecule has 1 heterocycles. The van der Waals surface area contributed by atoms with Gasteiger partial charge in [-0.25, -0.2) is 9.37 Å². The predicted molar refractivity (Wildman–Crippen MR) is 74.8 cm³/mol. The van der Waals surface area contributed by atoms with Crippen molar-refractivity contribution in [2.75, 3.05) is 11.1 Å². The molecule has 1 aromatic heterocycles. The zero-order valence-electron chi connectivity index (χ0n) is 9.82. The number of hydrogen-bond acceptors (Lipinski definition) is 4. The number of nitrogens with one attached hydrogen (secondary N) is 1. The van der Waals surface area contributed by atoms with Crippen LogP contribution in [0.5, 0.6) is 0 Å². The first-order valence-electron chi connectivity index (χ1n) is 5.44. The van der Waals surface area contributed by atoms with Gasteiger partial charge in [-0.05, 0) is 30.3 Å². The van der Waals surface area contributed by atoms with Crippen LogP contribution in [0.15, 0.2) is 34.8 Å². The standard InChI is InChI=1S/C13H10BrFN4/c14-9-1-2-10(15)8(5-9)7-18-13-4-3-11(17)12(6-16)19-13/h1-5H,7,17H2,(H,18,19). The maximum absolute atomic E-state index is 13.5. The van der Waals surface area contributed by atoms with Crippen molar-refractivity contribution in [3.8, 4) is 6.07 Å². The predicted octanol–water partition coefficient (Wildman–Crippen LogP) is 3.05. The first-order valence-corrected chi connectivity index (χ1v) is 6.24. The normalized spacial score (nSPS) is 9.95. The van der Waals surface area contributed by atoms with Crippen molar-refractivity contribution in [1.29, 1.82) is 5.26 Å². The van der Waals surface area contributed by atoms with E-state index in [-0.39, 0.29) is 18.1 Å². The summed E-state index contributed by atoms with van der Waals surface area (Å²) >= 11 is 3.29. The van der Waals surface area contributed by atoms with Gasteiger partial charge < -0.3 is 11.1 Å². The highest BCUT2D eigenvalue weighted by atomic mass is 79.9. The summed E-state index contributed by atoms with van der Waals surface area (Å²) in [5.41, 5.74) is 6.55. The van der Waals surface area contributed by atoms with Crippen molar-refractivity contribution < 1.29 is 4.39 Å². The summed E-state index contributed by atoms with van der Waals surface area (Å²) < 4.78 is 14.3. The number of nitriles is 1. The van der Waals surface area contributed by atoms with Crippen LogP contribution < -0.4 is 11.1 Å². The fourth-order valence-electron chi connectivity index (χ4n) is 1.52. The zero-order valence-corrected chi connectivity index (χ0v) is 11.4. The second kappa shape index (κ2) is 5.67. The van der Waals surface area contributed by atoms with Crippen molar-refractivity contribution in [2.24, 2.45) is 0 Å². The molecule has 2 rings (SSSR count). The Morgan fingerprint density at radius 3 is 2.89 bits per heavy atom. The molecule has 1 aromatic carbocycles. The third-order valence-electron chi connectivity index (χ3n) is 2.50. The molecule has 0 amide bonds. The van der Waals surface area contributed by atoms with Gasteiger partial charge in [0.15, 0.2) is 5.69 Å². The number of nitrogen functional groups attached to an aromatic ring is 1. The Kier molecular flexibility index (Phi) is 3.97. The number of rotatable bonds is 3. The lowest BCUT2D eigenvalue weighted by atomic mass is 10.2. The zero-order chi connectivity index (χ0) is 13.8. The molecule has 0 saturated heterocycles. The molecule has 2 aromatic rings. The SMILES string of the molecule is N#Cc1nc(NCc2cc(Br)ccc2F)ccc1N. The van der Waals surface area contributed by atoms with E-state index in [1.807, 2.05) is 6.07 Å². The number of nitrogens with zero attached hydrogens (tertiary/aromatic N) is 2. The smallest absolute Gasteiger partial charge is 0.165 e. The van der Waals surface area contributed by atoms with E-state index in [2.05, 4.69) is 26.2 Å². The van der Waals surface area contributed by atoms with Gasteiger partial charge in [-0.2, -0.15) is 5.26 Å². The molecule has 4 nitrogen and oxygen atoms in total. The Morgan fingerprint density at radius 1 is 1.37 bits per heavy atom. The van der Waals surface area contributed by atoms with Crippen LogP contribution in [0.25, 0.3) is 0 Å². The second-order valence-corrected chi connectivity index (χ2v) is 4.75. The van der Waals surface area contributed by atoms with Gasteiger partial charge in [0, 0.05) is 16.6 Å². The molecule has 0 spiro atoms. The van der Waals surface area contributed by atoms with E-state index < -0.39 is 0 Å². The highest BCUT2D eigenvalue weighted by molar-refractivity contribution is 9.10. The van der Waals surface area contributed by atoms with Gasteiger partial charge in [0.2, 0.25) is 0 Å². The van der Waals surface area contributed by atoms with Crippen molar-refractivity contribution in [3.63, 3.8) is 0 Å². The summed E-state index contributed by atoms with van der Waals surface area (Å²) in [7, 11) is 0. The van der Waals surface area contributed by atoms with Crippen LogP contribution in [0.3, 0.4) is 0 Å². The molecule has 0 atom stereocenters. The number of anilines is 2. The Hall–Kier alpha value is -2.13. The van der Waals surface area contributed by atoms with Gasteiger partial charge >= 0.3 is 0 Å². The van der Waals surface area contributed by atoms with Crippen molar-refractivity contribution in [1.82, 2.24) is 4.98 Å². The largest absolute Gasteiger partial charge is 0.396 e. The van der Waals surface area contributed by atoms with Gasteiger partial charge in [-0.15, -0.1) is 0 Å². The first-order chi connectivity index (χ1) is 9.10. The highest BCUT2D eigenvalue weighted by Gasteiger charge is 2.05. The molecule has 0 fully saturated rings. The van der Waals surface area contributed by atoms with Crippen LogP contribution in [0, 0.1) is 17.1 Å². The Bertz CT molecular complexity index is 652. The minimum Gasteiger partial charge on any atom is -0.396 e. The third kappa shape index (κ3) is 3.20. The molecule has 0 aliphatic heterocycles. The summed E-state index contributed by atoms with van der Waals surface area (Å²) in [5.74, 6) is 0.178.